The van der Waals surface area contributed by atoms with Gasteiger partial charge in [0.2, 0.25) is 0 Å². The van der Waals surface area contributed by atoms with Crippen LogP contribution in [0.5, 0.6) is 0 Å². The van der Waals surface area contributed by atoms with E-state index < -0.39 is 0 Å². The fourth-order valence-electron chi connectivity index (χ4n) is 3.54. The molecule has 3 aromatic rings. The van der Waals surface area contributed by atoms with Gasteiger partial charge >= 0.3 is 0 Å². The number of piperidine rings is 1. The third-order valence-electron chi connectivity index (χ3n) is 5.09. The number of likely N-dealkylation sites (tertiary alicyclic amines) is 1. The molecule has 0 aliphatic carbocycles. The molecule has 1 fully saturated rings. The summed E-state index contributed by atoms with van der Waals surface area (Å²) in [6, 6.07) is 16.0. The third-order valence-corrected chi connectivity index (χ3v) is 5.09. The molecule has 1 amide bonds. The summed E-state index contributed by atoms with van der Waals surface area (Å²) in [5, 5.41) is 7.59. The van der Waals surface area contributed by atoms with Crippen molar-refractivity contribution in [2.24, 2.45) is 5.92 Å². The first kappa shape index (κ1) is 15.8. The van der Waals surface area contributed by atoms with E-state index in [1.165, 1.54) is 12.0 Å². The van der Waals surface area contributed by atoms with Crippen LogP contribution in [0, 0.1) is 5.92 Å². The number of aryl methyl sites for hydroxylation is 1. The summed E-state index contributed by atoms with van der Waals surface area (Å²) in [6.45, 7) is 1.65. The summed E-state index contributed by atoms with van der Waals surface area (Å²) in [4.78, 5) is 14.7. The molecule has 2 aromatic carbocycles. The van der Waals surface area contributed by atoms with Gasteiger partial charge in [-0.15, -0.1) is 0 Å². The Kier molecular flexibility index (Phi) is 4.46. The number of hydrogen-bond donors (Lipinski definition) is 0. The van der Waals surface area contributed by atoms with Crippen LogP contribution in [-0.2, 0) is 6.42 Å². The van der Waals surface area contributed by atoms with Gasteiger partial charge in [-0.25, -0.2) is 4.63 Å². The van der Waals surface area contributed by atoms with Crippen molar-refractivity contribution < 1.29 is 9.42 Å². The number of nitrogens with zero attached hydrogens (tertiary/aromatic N) is 3. The molecule has 0 bridgehead atoms. The number of amides is 1. The zero-order valence-electron chi connectivity index (χ0n) is 14.1. The lowest BCUT2D eigenvalue weighted by Gasteiger charge is -2.32. The van der Waals surface area contributed by atoms with Gasteiger partial charge in [-0.2, -0.15) is 0 Å². The molecule has 0 atom stereocenters. The van der Waals surface area contributed by atoms with Crippen LogP contribution in [0.2, 0.25) is 0 Å². The van der Waals surface area contributed by atoms with Crippen LogP contribution < -0.4 is 0 Å². The Morgan fingerprint density at radius 1 is 1.04 bits per heavy atom. The van der Waals surface area contributed by atoms with Crippen molar-refractivity contribution in [2.75, 3.05) is 13.1 Å². The first-order valence-electron chi connectivity index (χ1n) is 8.85. The van der Waals surface area contributed by atoms with Crippen LogP contribution in [0.3, 0.4) is 0 Å². The maximum atomic E-state index is 12.7. The van der Waals surface area contributed by atoms with E-state index in [2.05, 4.69) is 40.6 Å². The van der Waals surface area contributed by atoms with E-state index in [4.69, 9.17) is 4.63 Å². The molecule has 1 aromatic heterocycles. The average Bonchev–Trinajstić information content (AvgIpc) is 3.15. The molecule has 2 heterocycles. The lowest BCUT2D eigenvalue weighted by atomic mass is 9.90. The molecule has 5 heteroatoms. The van der Waals surface area contributed by atoms with E-state index in [0.29, 0.717) is 22.5 Å². The molecule has 1 saturated heterocycles. The van der Waals surface area contributed by atoms with Crippen molar-refractivity contribution in [3.63, 3.8) is 0 Å². The lowest BCUT2D eigenvalue weighted by molar-refractivity contribution is 0.0687. The Morgan fingerprint density at radius 3 is 2.60 bits per heavy atom. The zero-order valence-corrected chi connectivity index (χ0v) is 14.1. The molecule has 5 nitrogen and oxygen atoms in total. The number of benzene rings is 2. The van der Waals surface area contributed by atoms with Crippen molar-refractivity contribution in [3.8, 4) is 0 Å². The minimum Gasteiger partial charge on any atom is -0.339 e. The van der Waals surface area contributed by atoms with E-state index in [9.17, 15) is 4.79 Å². The second-order valence-corrected chi connectivity index (χ2v) is 6.73. The van der Waals surface area contributed by atoms with Gasteiger partial charge in [-0.1, -0.05) is 30.3 Å². The summed E-state index contributed by atoms with van der Waals surface area (Å²) in [6.07, 6.45) is 4.47. The number of aromatic nitrogens is 2. The lowest BCUT2D eigenvalue weighted by Crippen LogP contribution is -2.38. The summed E-state index contributed by atoms with van der Waals surface area (Å²) in [5.74, 6) is 0.776. The fraction of sp³-hybridized carbons (Fsp3) is 0.350. The average molecular weight is 335 g/mol. The largest absolute Gasteiger partial charge is 0.339 e. The van der Waals surface area contributed by atoms with E-state index in [1.54, 1.807) is 18.2 Å². The monoisotopic (exact) mass is 335 g/mol. The Labute approximate surface area is 146 Å². The first-order chi connectivity index (χ1) is 12.3. The van der Waals surface area contributed by atoms with Gasteiger partial charge in [0.05, 0.1) is 0 Å². The van der Waals surface area contributed by atoms with E-state index in [-0.39, 0.29) is 5.91 Å². The van der Waals surface area contributed by atoms with Crippen molar-refractivity contribution in [3.05, 3.63) is 59.7 Å². The number of fused-ring (bicyclic) bond motifs is 1. The molecule has 4 rings (SSSR count). The molecule has 0 unspecified atom stereocenters. The van der Waals surface area contributed by atoms with Crippen molar-refractivity contribution >= 4 is 16.9 Å². The van der Waals surface area contributed by atoms with Crippen LogP contribution in [0.4, 0.5) is 0 Å². The van der Waals surface area contributed by atoms with Gasteiger partial charge in [0, 0.05) is 18.7 Å². The number of carbonyl (C=O) groups excluding carboxylic acids is 1. The van der Waals surface area contributed by atoms with E-state index in [0.717, 1.165) is 32.4 Å². The standard InChI is InChI=1S/C20H21N3O2/c24-20(17-8-9-18-19(14-17)22-25-21-18)23-12-10-16(11-13-23)7-6-15-4-2-1-3-5-15/h1-5,8-9,14,16H,6-7,10-13H2. The molecule has 0 radical (unpaired) electrons. The summed E-state index contributed by atoms with van der Waals surface area (Å²) < 4.78 is 4.70. The Balaban J connectivity index is 1.32. The topological polar surface area (TPSA) is 59.2 Å². The maximum Gasteiger partial charge on any atom is 0.253 e. The minimum absolute atomic E-state index is 0.0754. The molecular weight excluding hydrogens is 314 g/mol. The van der Waals surface area contributed by atoms with Gasteiger partial charge in [-0.05, 0) is 65.7 Å². The summed E-state index contributed by atoms with van der Waals surface area (Å²) in [5.41, 5.74) is 3.36. The molecule has 1 aliphatic rings. The summed E-state index contributed by atoms with van der Waals surface area (Å²) >= 11 is 0. The minimum atomic E-state index is 0.0754. The van der Waals surface area contributed by atoms with Crippen molar-refractivity contribution in [1.29, 1.82) is 0 Å². The van der Waals surface area contributed by atoms with Crippen molar-refractivity contribution in [1.82, 2.24) is 15.2 Å². The van der Waals surface area contributed by atoms with Gasteiger partial charge in [-0.3, -0.25) is 4.79 Å². The second kappa shape index (κ2) is 7.05. The molecule has 128 valence electrons. The molecular formula is C20H21N3O2. The smallest absolute Gasteiger partial charge is 0.253 e. The van der Waals surface area contributed by atoms with Gasteiger partial charge in [0.25, 0.3) is 5.91 Å². The highest BCUT2D eigenvalue weighted by Crippen LogP contribution is 2.24. The van der Waals surface area contributed by atoms with Gasteiger partial charge in [0.1, 0.15) is 11.0 Å². The Morgan fingerprint density at radius 2 is 1.80 bits per heavy atom. The predicted molar refractivity (Wildman–Crippen MR) is 95.2 cm³/mol. The van der Waals surface area contributed by atoms with Crippen LogP contribution in [0.25, 0.3) is 11.0 Å². The molecule has 0 spiro atoms. The molecule has 1 aliphatic heterocycles. The maximum absolute atomic E-state index is 12.7. The van der Waals surface area contributed by atoms with Gasteiger partial charge in [0.15, 0.2) is 0 Å². The Hall–Kier alpha value is -2.69. The quantitative estimate of drug-likeness (QED) is 0.729. The number of carbonyl (C=O) groups is 1. The van der Waals surface area contributed by atoms with Crippen LogP contribution in [-0.4, -0.2) is 34.2 Å². The number of rotatable bonds is 4. The predicted octanol–water partition coefficient (Wildman–Crippen LogP) is 3.71. The molecule has 25 heavy (non-hydrogen) atoms. The Bertz CT molecular complexity index is 852. The van der Waals surface area contributed by atoms with Crippen LogP contribution in [0.1, 0.15) is 35.2 Å². The SMILES string of the molecule is O=C(c1ccc2nonc2c1)N1CCC(CCc2ccccc2)CC1. The highest BCUT2D eigenvalue weighted by atomic mass is 16.6. The van der Waals surface area contributed by atoms with E-state index >= 15 is 0 Å². The fourth-order valence-corrected chi connectivity index (χ4v) is 3.54. The molecule has 0 N–H and O–H groups in total. The highest BCUT2D eigenvalue weighted by Gasteiger charge is 2.24. The van der Waals surface area contributed by atoms with E-state index in [1.807, 2.05) is 4.90 Å². The first-order valence-corrected chi connectivity index (χ1v) is 8.85. The van der Waals surface area contributed by atoms with Crippen LogP contribution >= 0.6 is 0 Å². The normalized spacial score (nSPS) is 15.6. The third kappa shape index (κ3) is 3.55. The molecule has 0 saturated carbocycles. The van der Waals surface area contributed by atoms with Gasteiger partial charge < -0.3 is 4.90 Å². The highest BCUT2D eigenvalue weighted by molar-refractivity contribution is 5.97. The zero-order chi connectivity index (χ0) is 17.1. The van der Waals surface area contributed by atoms with Crippen molar-refractivity contribution in [2.45, 2.75) is 25.7 Å². The number of hydrogen-bond acceptors (Lipinski definition) is 4. The summed E-state index contributed by atoms with van der Waals surface area (Å²) in [7, 11) is 0. The van der Waals surface area contributed by atoms with Crippen LogP contribution in [0.15, 0.2) is 53.2 Å². The second-order valence-electron chi connectivity index (χ2n) is 6.73.